The van der Waals surface area contributed by atoms with Crippen molar-refractivity contribution in [1.29, 1.82) is 0 Å². The SMILES string of the molecule is CCc1nc(C(=O)N(C)C(C)c2nc(C)no2)c2n1CCN(C)C2. The number of likely N-dealkylation sites (N-methyl/N-ethyl adjacent to an activating group) is 1. The third kappa shape index (κ3) is 2.82. The van der Waals surface area contributed by atoms with Crippen LogP contribution < -0.4 is 0 Å². The van der Waals surface area contributed by atoms with E-state index < -0.39 is 0 Å². The first-order valence-electron chi connectivity index (χ1n) is 8.26. The van der Waals surface area contributed by atoms with Crippen LogP contribution in [0.2, 0.25) is 0 Å². The van der Waals surface area contributed by atoms with Crippen molar-refractivity contribution in [2.75, 3.05) is 20.6 Å². The minimum Gasteiger partial charge on any atom is -0.337 e. The Morgan fingerprint density at radius 3 is 2.75 bits per heavy atom. The third-order valence-electron chi connectivity index (χ3n) is 4.60. The highest BCUT2D eigenvalue weighted by Gasteiger charge is 2.30. The summed E-state index contributed by atoms with van der Waals surface area (Å²) in [5.41, 5.74) is 1.52. The van der Waals surface area contributed by atoms with Crippen LogP contribution in [0.3, 0.4) is 0 Å². The Balaban J connectivity index is 1.91. The molecule has 0 radical (unpaired) electrons. The number of hydrogen-bond acceptors (Lipinski definition) is 6. The molecule has 3 heterocycles. The van der Waals surface area contributed by atoms with E-state index in [2.05, 4.69) is 38.6 Å². The van der Waals surface area contributed by atoms with Crippen LogP contribution in [0, 0.1) is 6.92 Å². The fraction of sp³-hybridized carbons (Fsp3) is 0.625. The van der Waals surface area contributed by atoms with Crippen LogP contribution >= 0.6 is 0 Å². The standard InChI is InChI=1S/C16H24N6O2/c1-6-13-18-14(12-9-20(4)7-8-22(12)13)16(23)21(5)10(2)15-17-11(3)19-24-15/h10H,6-9H2,1-5H3. The Kier molecular flexibility index (Phi) is 4.40. The van der Waals surface area contributed by atoms with Crippen molar-refractivity contribution < 1.29 is 9.32 Å². The summed E-state index contributed by atoms with van der Waals surface area (Å²) in [4.78, 5) is 25.7. The van der Waals surface area contributed by atoms with E-state index in [1.807, 2.05) is 6.92 Å². The van der Waals surface area contributed by atoms with Crippen molar-refractivity contribution in [2.45, 2.75) is 46.3 Å². The maximum atomic E-state index is 13.0. The van der Waals surface area contributed by atoms with Crippen molar-refractivity contribution in [2.24, 2.45) is 0 Å². The zero-order valence-corrected chi connectivity index (χ0v) is 14.9. The molecule has 0 N–H and O–H groups in total. The summed E-state index contributed by atoms with van der Waals surface area (Å²) >= 11 is 0. The third-order valence-corrected chi connectivity index (χ3v) is 4.60. The molecule has 0 fully saturated rings. The van der Waals surface area contributed by atoms with E-state index in [1.54, 1.807) is 18.9 Å². The van der Waals surface area contributed by atoms with Gasteiger partial charge in [0.1, 0.15) is 11.9 Å². The maximum absolute atomic E-state index is 13.0. The van der Waals surface area contributed by atoms with Crippen LogP contribution in [-0.2, 0) is 19.5 Å². The van der Waals surface area contributed by atoms with E-state index in [0.717, 1.165) is 37.6 Å². The van der Waals surface area contributed by atoms with Crippen LogP contribution in [0.5, 0.6) is 0 Å². The number of nitrogens with zero attached hydrogens (tertiary/aromatic N) is 6. The van der Waals surface area contributed by atoms with Crippen molar-refractivity contribution >= 4 is 5.91 Å². The number of amides is 1. The van der Waals surface area contributed by atoms with Gasteiger partial charge in [0.25, 0.3) is 5.91 Å². The first kappa shape index (κ1) is 16.6. The normalized spacial score (nSPS) is 16.0. The van der Waals surface area contributed by atoms with Gasteiger partial charge < -0.3 is 14.0 Å². The molecule has 1 aliphatic rings. The summed E-state index contributed by atoms with van der Waals surface area (Å²) in [6, 6.07) is -0.303. The Morgan fingerprint density at radius 2 is 2.12 bits per heavy atom. The number of fused-ring (bicyclic) bond motifs is 1. The van der Waals surface area contributed by atoms with E-state index in [9.17, 15) is 4.79 Å². The number of imidazole rings is 1. The van der Waals surface area contributed by atoms with E-state index in [4.69, 9.17) is 4.52 Å². The van der Waals surface area contributed by atoms with Crippen molar-refractivity contribution in [1.82, 2.24) is 29.5 Å². The molecule has 130 valence electrons. The molecule has 1 amide bonds. The molecular weight excluding hydrogens is 308 g/mol. The van der Waals surface area contributed by atoms with Gasteiger partial charge in [-0.25, -0.2) is 4.98 Å². The first-order chi connectivity index (χ1) is 11.4. The highest BCUT2D eigenvalue weighted by Crippen LogP contribution is 2.24. The fourth-order valence-corrected chi connectivity index (χ4v) is 3.00. The van der Waals surface area contributed by atoms with Gasteiger partial charge in [-0.15, -0.1) is 0 Å². The zero-order chi connectivity index (χ0) is 17.4. The minimum atomic E-state index is -0.303. The lowest BCUT2D eigenvalue weighted by Crippen LogP contribution is -2.34. The van der Waals surface area contributed by atoms with Gasteiger partial charge in [-0.2, -0.15) is 4.98 Å². The number of hydrogen-bond donors (Lipinski definition) is 0. The lowest BCUT2D eigenvalue weighted by Gasteiger charge is -2.27. The molecule has 2 aromatic heterocycles. The van der Waals surface area contributed by atoms with Gasteiger partial charge in [-0.3, -0.25) is 9.69 Å². The van der Waals surface area contributed by atoms with Crippen molar-refractivity contribution in [3.8, 4) is 0 Å². The number of carbonyl (C=O) groups is 1. The van der Waals surface area contributed by atoms with Crippen LogP contribution in [0.4, 0.5) is 0 Å². The Bertz CT molecular complexity index is 750. The van der Waals surface area contributed by atoms with Gasteiger partial charge >= 0.3 is 0 Å². The van der Waals surface area contributed by atoms with Crippen LogP contribution in [0.1, 0.15) is 53.6 Å². The predicted octanol–water partition coefficient (Wildman–Crippen LogP) is 1.42. The number of rotatable bonds is 4. The molecule has 0 bridgehead atoms. The van der Waals surface area contributed by atoms with Crippen molar-refractivity contribution in [3.05, 3.63) is 28.9 Å². The summed E-state index contributed by atoms with van der Waals surface area (Å²) in [5.74, 6) is 1.85. The number of carbonyl (C=O) groups excluding carboxylic acids is 1. The monoisotopic (exact) mass is 332 g/mol. The highest BCUT2D eigenvalue weighted by atomic mass is 16.5. The number of aryl methyl sites for hydroxylation is 2. The smallest absolute Gasteiger partial charge is 0.274 e. The van der Waals surface area contributed by atoms with Gasteiger partial charge in [0, 0.05) is 33.1 Å². The van der Waals surface area contributed by atoms with E-state index in [1.165, 1.54) is 0 Å². The second kappa shape index (κ2) is 6.35. The molecule has 1 unspecified atom stereocenters. The molecular formula is C16H24N6O2. The number of aromatic nitrogens is 4. The summed E-state index contributed by atoms with van der Waals surface area (Å²) < 4.78 is 7.38. The van der Waals surface area contributed by atoms with Crippen LogP contribution in [0.15, 0.2) is 4.52 Å². The molecule has 1 atom stereocenters. The van der Waals surface area contributed by atoms with Gasteiger partial charge in [0.15, 0.2) is 11.5 Å². The molecule has 1 aliphatic heterocycles. The largest absolute Gasteiger partial charge is 0.337 e. The van der Waals surface area contributed by atoms with E-state index in [0.29, 0.717) is 17.4 Å². The van der Waals surface area contributed by atoms with Gasteiger partial charge in [-0.05, 0) is 20.9 Å². The lowest BCUT2D eigenvalue weighted by atomic mass is 10.2. The molecule has 3 rings (SSSR count). The van der Waals surface area contributed by atoms with E-state index in [-0.39, 0.29) is 11.9 Å². The Labute approximate surface area is 141 Å². The van der Waals surface area contributed by atoms with E-state index >= 15 is 0 Å². The summed E-state index contributed by atoms with van der Waals surface area (Å²) in [6.45, 7) is 8.28. The molecule has 8 nitrogen and oxygen atoms in total. The summed E-state index contributed by atoms with van der Waals surface area (Å²) in [6.07, 6.45) is 0.812. The maximum Gasteiger partial charge on any atom is 0.274 e. The second-order valence-electron chi connectivity index (χ2n) is 6.34. The molecule has 0 aromatic carbocycles. The molecule has 0 saturated heterocycles. The van der Waals surface area contributed by atoms with Gasteiger partial charge in [0.2, 0.25) is 5.89 Å². The second-order valence-corrected chi connectivity index (χ2v) is 6.34. The Morgan fingerprint density at radius 1 is 1.38 bits per heavy atom. The molecule has 24 heavy (non-hydrogen) atoms. The first-order valence-corrected chi connectivity index (χ1v) is 8.26. The molecule has 0 spiro atoms. The molecule has 0 saturated carbocycles. The van der Waals surface area contributed by atoms with Crippen LogP contribution in [0.25, 0.3) is 0 Å². The summed E-state index contributed by atoms with van der Waals surface area (Å²) in [7, 11) is 3.81. The average molecular weight is 332 g/mol. The van der Waals surface area contributed by atoms with Crippen LogP contribution in [-0.4, -0.2) is 56.0 Å². The minimum absolute atomic E-state index is 0.114. The fourth-order valence-electron chi connectivity index (χ4n) is 3.00. The summed E-state index contributed by atoms with van der Waals surface area (Å²) in [5, 5.41) is 3.80. The quantitative estimate of drug-likeness (QED) is 0.842. The lowest BCUT2D eigenvalue weighted by molar-refractivity contribution is 0.0707. The average Bonchev–Trinajstić information content (AvgIpc) is 3.16. The Hall–Kier alpha value is -2.22. The molecule has 0 aliphatic carbocycles. The predicted molar refractivity (Wildman–Crippen MR) is 87.5 cm³/mol. The molecule has 2 aromatic rings. The van der Waals surface area contributed by atoms with Gasteiger partial charge in [0.05, 0.1) is 5.69 Å². The highest BCUT2D eigenvalue weighted by molar-refractivity contribution is 5.93. The van der Waals surface area contributed by atoms with Gasteiger partial charge in [-0.1, -0.05) is 12.1 Å². The van der Waals surface area contributed by atoms with Crippen molar-refractivity contribution in [3.63, 3.8) is 0 Å². The zero-order valence-electron chi connectivity index (χ0n) is 14.9. The molecule has 8 heteroatoms. The topological polar surface area (TPSA) is 80.3 Å².